The van der Waals surface area contributed by atoms with Crippen molar-refractivity contribution in [3.05, 3.63) is 51.9 Å². The van der Waals surface area contributed by atoms with Crippen LogP contribution in [0.1, 0.15) is 15.2 Å². The topological polar surface area (TPSA) is 98.5 Å². The zero-order chi connectivity index (χ0) is 21.6. The molecule has 0 saturated heterocycles. The van der Waals surface area contributed by atoms with Gasteiger partial charge in [0.2, 0.25) is 10.0 Å². The number of rotatable bonds is 4. The number of nitrogens with one attached hydrogen (secondary N) is 1. The first kappa shape index (κ1) is 21.4. The number of methoxy groups -OCH3 is 1. The predicted octanol–water partition coefficient (Wildman–Crippen LogP) is 4.48. The Kier molecular flexibility index (Phi) is 5.52. The summed E-state index contributed by atoms with van der Waals surface area (Å²) in [6, 6.07) is 6.59. The highest BCUT2D eigenvalue weighted by atomic mass is 35.5. The van der Waals surface area contributed by atoms with Crippen LogP contribution in [0.5, 0.6) is 5.75 Å². The third-order valence-corrected chi connectivity index (χ3v) is 6.48. The molecule has 3 N–H and O–H groups in total. The van der Waals surface area contributed by atoms with Crippen LogP contribution in [-0.4, -0.2) is 21.4 Å². The van der Waals surface area contributed by atoms with Gasteiger partial charge in [0.1, 0.15) is 10.6 Å². The van der Waals surface area contributed by atoms with Gasteiger partial charge in [-0.05, 0) is 30.3 Å². The molecule has 12 heteroatoms. The summed E-state index contributed by atoms with van der Waals surface area (Å²) in [5.41, 5.74) is -0.856. The van der Waals surface area contributed by atoms with Crippen LogP contribution in [0, 0.1) is 0 Å². The first-order chi connectivity index (χ1) is 13.4. The molecular weight excluding hydrogens is 453 g/mol. The number of alkyl halides is 3. The number of amides is 1. The summed E-state index contributed by atoms with van der Waals surface area (Å²) in [6.45, 7) is 0. The van der Waals surface area contributed by atoms with Gasteiger partial charge in [-0.15, -0.1) is 11.3 Å². The fourth-order valence-electron chi connectivity index (χ4n) is 2.53. The molecule has 6 nitrogen and oxygen atoms in total. The Bertz CT molecular complexity index is 1220. The van der Waals surface area contributed by atoms with E-state index in [9.17, 15) is 26.4 Å². The number of primary sulfonamides is 1. The van der Waals surface area contributed by atoms with E-state index in [1.54, 1.807) is 0 Å². The summed E-state index contributed by atoms with van der Waals surface area (Å²) in [7, 11) is -2.72. The molecule has 1 aromatic heterocycles. The van der Waals surface area contributed by atoms with Crippen molar-refractivity contribution in [3.8, 4) is 5.75 Å². The molecule has 3 rings (SSSR count). The lowest BCUT2D eigenvalue weighted by Crippen LogP contribution is -2.15. The number of carbonyl (C=O) groups is 1. The minimum Gasteiger partial charge on any atom is -0.495 e. The van der Waals surface area contributed by atoms with Crippen LogP contribution in [0.15, 0.2) is 41.3 Å². The number of hydrogen-bond donors (Lipinski definition) is 2. The molecular formula is C17H12ClF3N2O4S2. The molecule has 1 heterocycles. The van der Waals surface area contributed by atoms with Gasteiger partial charge < -0.3 is 10.1 Å². The minimum absolute atomic E-state index is 0.00790. The summed E-state index contributed by atoms with van der Waals surface area (Å²) < 4.78 is 67.1. The van der Waals surface area contributed by atoms with Gasteiger partial charge >= 0.3 is 6.18 Å². The lowest BCUT2D eigenvalue weighted by molar-refractivity contribution is -0.137. The summed E-state index contributed by atoms with van der Waals surface area (Å²) in [4.78, 5) is 12.4. The Morgan fingerprint density at radius 2 is 1.90 bits per heavy atom. The lowest BCUT2D eigenvalue weighted by Gasteiger charge is -2.11. The van der Waals surface area contributed by atoms with Crippen LogP contribution in [0.3, 0.4) is 0 Å². The quantitative estimate of drug-likeness (QED) is 0.594. The van der Waals surface area contributed by atoms with Crippen molar-refractivity contribution < 1.29 is 31.1 Å². The van der Waals surface area contributed by atoms with E-state index < -0.39 is 27.7 Å². The third kappa shape index (κ3) is 4.32. The van der Waals surface area contributed by atoms with Gasteiger partial charge in [-0.3, -0.25) is 4.79 Å². The highest BCUT2D eigenvalue weighted by Crippen LogP contribution is 2.40. The van der Waals surface area contributed by atoms with E-state index in [4.69, 9.17) is 21.5 Å². The van der Waals surface area contributed by atoms with Gasteiger partial charge in [-0.25, -0.2) is 13.6 Å². The maximum Gasteiger partial charge on any atom is 0.416 e. The minimum atomic E-state index is -4.53. The van der Waals surface area contributed by atoms with Gasteiger partial charge in [-0.1, -0.05) is 17.7 Å². The van der Waals surface area contributed by atoms with Crippen LogP contribution in [0.2, 0.25) is 5.02 Å². The van der Waals surface area contributed by atoms with Crippen LogP contribution >= 0.6 is 22.9 Å². The SMILES string of the molecule is COc1ccc(S(N)(=O)=O)cc1NC(=O)c1sc2cc(C(F)(F)F)ccc2c1Cl. The number of thiophene rings is 1. The normalized spacial score (nSPS) is 12.2. The standard InChI is InChI=1S/C17H12ClF3N2O4S2/c1-27-12-5-3-9(29(22,25)26)7-11(12)23-16(24)15-14(18)10-4-2-8(17(19,20)21)6-13(10)28-15/h2-7H,1H3,(H,23,24)(H2,22,25,26). The van der Waals surface area contributed by atoms with Crippen LogP contribution < -0.4 is 15.2 Å². The van der Waals surface area contributed by atoms with E-state index in [0.717, 1.165) is 29.5 Å². The second-order valence-corrected chi connectivity index (χ2v) is 8.81. The Hall–Kier alpha value is -2.34. The molecule has 2 aromatic carbocycles. The number of fused-ring (bicyclic) bond motifs is 1. The number of nitrogens with two attached hydrogens (primary N) is 1. The van der Waals surface area contributed by atoms with Crippen molar-refractivity contribution in [1.29, 1.82) is 0 Å². The van der Waals surface area contributed by atoms with E-state index in [-0.39, 0.29) is 30.9 Å². The number of ether oxygens (including phenoxy) is 1. The largest absolute Gasteiger partial charge is 0.495 e. The van der Waals surface area contributed by atoms with Crippen molar-refractivity contribution in [3.63, 3.8) is 0 Å². The molecule has 0 aliphatic heterocycles. The molecule has 0 bridgehead atoms. The maximum absolute atomic E-state index is 12.9. The Morgan fingerprint density at radius 3 is 2.48 bits per heavy atom. The summed E-state index contributed by atoms with van der Waals surface area (Å²) >= 11 is 6.96. The molecule has 0 aliphatic carbocycles. The van der Waals surface area contributed by atoms with E-state index in [1.165, 1.54) is 25.3 Å². The molecule has 29 heavy (non-hydrogen) atoms. The van der Waals surface area contributed by atoms with Crippen LogP contribution in [0.25, 0.3) is 10.1 Å². The van der Waals surface area contributed by atoms with Crippen molar-refractivity contribution in [2.75, 3.05) is 12.4 Å². The Labute approximate surface area is 172 Å². The molecule has 0 aliphatic rings. The fourth-order valence-corrected chi connectivity index (χ4v) is 4.52. The first-order valence-electron chi connectivity index (χ1n) is 7.73. The number of hydrogen-bond acceptors (Lipinski definition) is 5. The average molecular weight is 465 g/mol. The lowest BCUT2D eigenvalue weighted by atomic mass is 10.1. The van der Waals surface area contributed by atoms with E-state index in [1.807, 2.05) is 0 Å². The maximum atomic E-state index is 12.9. The zero-order valence-corrected chi connectivity index (χ0v) is 16.9. The number of anilines is 1. The average Bonchev–Trinajstić information content (AvgIpc) is 2.96. The Balaban J connectivity index is 2.01. The van der Waals surface area contributed by atoms with Crippen molar-refractivity contribution in [1.82, 2.24) is 0 Å². The summed E-state index contributed by atoms with van der Waals surface area (Å²) in [6.07, 6.45) is -4.53. The highest BCUT2D eigenvalue weighted by Gasteiger charge is 2.31. The predicted molar refractivity (Wildman–Crippen MR) is 104 cm³/mol. The second-order valence-electron chi connectivity index (χ2n) is 5.82. The molecule has 0 saturated carbocycles. The number of halogens is 4. The van der Waals surface area contributed by atoms with Gasteiger partial charge in [0, 0.05) is 10.1 Å². The van der Waals surface area contributed by atoms with Gasteiger partial charge in [0.05, 0.1) is 28.3 Å². The number of carbonyl (C=O) groups excluding carboxylic acids is 1. The summed E-state index contributed by atoms with van der Waals surface area (Å²) in [5.74, 6) is -0.586. The Morgan fingerprint density at radius 1 is 1.21 bits per heavy atom. The van der Waals surface area contributed by atoms with Crippen molar-refractivity contribution in [2.45, 2.75) is 11.1 Å². The van der Waals surface area contributed by atoms with E-state index >= 15 is 0 Å². The molecule has 154 valence electrons. The number of sulfonamides is 1. The van der Waals surface area contributed by atoms with Gasteiger partial charge in [0.25, 0.3) is 5.91 Å². The molecule has 3 aromatic rings. The second kappa shape index (κ2) is 7.48. The van der Waals surface area contributed by atoms with E-state index in [0.29, 0.717) is 5.39 Å². The van der Waals surface area contributed by atoms with Crippen molar-refractivity contribution >= 4 is 54.6 Å². The highest BCUT2D eigenvalue weighted by molar-refractivity contribution is 7.89. The molecule has 0 fully saturated rings. The van der Waals surface area contributed by atoms with Crippen LogP contribution in [-0.2, 0) is 16.2 Å². The fraction of sp³-hybridized carbons (Fsp3) is 0.118. The van der Waals surface area contributed by atoms with E-state index in [2.05, 4.69) is 5.32 Å². The number of benzene rings is 2. The van der Waals surface area contributed by atoms with Crippen LogP contribution in [0.4, 0.5) is 18.9 Å². The molecule has 0 spiro atoms. The zero-order valence-electron chi connectivity index (χ0n) is 14.5. The molecule has 1 amide bonds. The monoisotopic (exact) mass is 464 g/mol. The molecule has 0 atom stereocenters. The summed E-state index contributed by atoms with van der Waals surface area (Å²) in [5, 5.41) is 7.82. The van der Waals surface area contributed by atoms with Crippen molar-refractivity contribution in [2.24, 2.45) is 5.14 Å². The smallest absolute Gasteiger partial charge is 0.416 e. The molecule has 0 unspecified atom stereocenters. The van der Waals surface area contributed by atoms with Gasteiger partial charge in [0.15, 0.2) is 0 Å². The third-order valence-electron chi connectivity index (χ3n) is 3.91. The first-order valence-corrected chi connectivity index (χ1v) is 10.5. The molecule has 0 radical (unpaired) electrons. The van der Waals surface area contributed by atoms with Gasteiger partial charge in [-0.2, -0.15) is 13.2 Å².